The Kier molecular flexibility index (Phi) is 4.93. The van der Waals surface area contributed by atoms with Gasteiger partial charge in [-0.25, -0.2) is 5.01 Å². The van der Waals surface area contributed by atoms with Crippen LogP contribution in [0.4, 0.5) is 0 Å². The molecule has 0 amide bonds. The van der Waals surface area contributed by atoms with Crippen LogP contribution in [0.15, 0.2) is 71.3 Å². The summed E-state index contributed by atoms with van der Waals surface area (Å²) in [6, 6.07) is 21.2. The molecule has 1 heterocycles. The molecule has 0 unspecified atom stereocenters. The van der Waals surface area contributed by atoms with Gasteiger partial charge in [-0.15, -0.1) is 0 Å². The summed E-state index contributed by atoms with van der Waals surface area (Å²) in [6.45, 7) is 0. The fraction of sp³-hybridized carbons (Fsp3) is 0.273. The maximum absolute atomic E-state index is 8.41. The topological polar surface area (TPSA) is 39.5 Å². The first-order valence-electron chi connectivity index (χ1n) is 9.09. The highest BCUT2D eigenvalue weighted by Gasteiger charge is 2.42. The number of fused-ring (bicyclic) bond motifs is 1. The number of thioether (sulfide) groups is 1. The monoisotopic (exact) mass is 361 g/mol. The minimum absolute atomic E-state index is 0.130. The Morgan fingerprint density at radius 1 is 1.12 bits per heavy atom. The molecule has 1 N–H and O–H groups in total. The molecule has 1 aliphatic heterocycles. The molecule has 1 saturated carbocycles. The van der Waals surface area contributed by atoms with E-state index < -0.39 is 0 Å². The standard InChI is InChI=1S/C22H23N3S/c1-26-22(23)25-21(17-11-6-3-7-12-17)19-14-8-13-18(20(19)24-25)15-16-9-4-2-5-10-16/h2-7,9-12,15,19,21,23H,8,13-14H2,1H3/t19-,21-/m1/s1. The molecule has 4 rings (SSSR count). The van der Waals surface area contributed by atoms with Crippen LogP contribution < -0.4 is 0 Å². The van der Waals surface area contributed by atoms with Crippen molar-refractivity contribution in [1.82, 2.24) is 5.01 Å². The zero-order chi connectivity index (χ0) is 17.9. The Morgan fingerprint density at radius 2 is 1.81 bits per heavy atom. The van der Waals surface area contributed by atoms with Crippen LogP contribution in [-0.4, -0.2) is 22.1 Å². The quantitative estimate of drug-likeness (QED) is 0.560. The van der Waals surface area contributed by atoms with E-state index in [0.717, 1.165) is 12.8 Å². The molecule has 0 bridgehead atoms. The lowest BCUT2D eigenvalue weighted by molar-refractivity contribution is 0.307. The van der Waals surface area contributed by atoms with Gasteiger partial charge in [-0.05, 0) is 48.3 Å². The molecule has 132 valence electrons. The Bertz CT molecular complexity index is 842. The number of nitrogens with zero attached hydrogens (tertiary/aromatic N) is 2. The van der Waals surface area contributed by atoms with E-state index >= 15 is 0 Å². The minimum atomic E-state index is 0.130. The Labute approximate surface area is 159 Å². The predicted octanol–water partition coefficient (Wildman–Crippen LogP) is 5.58. The normalized spacial score (nSPS) is 23.7. The first-order chi connectivity index (χ1) is 12.8. The first-order valence-corrected chi connectivity index (χ1v) is 10.3. The Morgan fingerprint density at radius 3 is 2.50 bits per heavy atom. The molecular formula is C22H23N3S. The number of allylic oxidation sites excluding steroid dienone is 1. The Hall–Kier alpha value is -2.33. The highest BCUT2D eigenvalue weighted by molar-refractivity contribution is 8.13. The highest BCUT2D eigenvalue weighted by Crippen LogP contribution is 2.44. The van der Waals surface area contributed by atoms with Crippen molar-refractivity contribution in [1.29, 1.82) is 5.41 Å². The average Bonchev–Trinajstić information content (AvgIpc) is 3.09. The van der Waals surface area contributed by atoms with Crippen LogP contribution in [-0.2, 0) is 0 Å². The van der Waals surface area contributed by atoms with Gasteiger partial charge in [-0.3, -0.25) is 5.41 Å². The molecule has 3 nitrogen and oxygen atoms in total. The summed E-state index contributed by atoms with van der Waals surface area (Å²) >= 11 is 1.45. The predicted molar refractivity (Wildman–Crippen MR) is 111 cm³/mol. The van der Waals surface area contributed by atoms with Crippen LogP contribution in [0.1, 0.15) is 36.4 Å². The molecule has 2 aliphatic rings. The van der Waals surface area contributed by atoms with E-state index in [1.807, 2.05) is 23.4 Å². The van der Waals surface area contributed by atoms with Gasteiger partial charge in [-0.2, -0.15) is 5.10 Å². The van der Waals surface area contributed by atoms with Gasteiger partial charge in [0.15, 0.2) is 5.17 Å². The molecule has 1 fully saturated rings. The zero-order valence-electron chi connectivity index (χ0n) is 14.9. The van der Waals surface area contributed by atoms with Crippen LogP contribution in [0.2, 0.25) is 0 Å². The summed E-state index contributed by atoms with van der Waals surface area (Å²) in [4.78, 5) is 0. The second-order valence-electron chi connectivity index (χ2n) is 6.77. The van der Waals surface area contributed by atoms with E-state index in [2.05, 4.69) is 54.6 Å². The number of rotatable bonds is 2. The largest absolute Gasteiger partial charge is 0.277 e. The van der Waals surface area contributed by atoms with Gasteiger partial charge in [0.25, 0.3) is 0 Å². The van der Waals surface area contributed by atoms with Gasteiger partial charge in [0.1, 0.15) is 0 Å². The summed E-state index contributed by atoms with van der Waals surface area (Å²) in [7, 11) is 0. The third-order valence-electron chi connectivity index (χ3n) is 5.18. The molecule has 26 heavy (non-hydrogen) atoms. The molecule has 0 radical (unpaired) electrons. The summed E-state index contributed by atoms with van der Waals surface area (Å²) in [5.41, 5.74) is 4.97. The van der Waals surface area contributed by atoms with E-state index in [9.17, 15) is 0 Å². The summed E-state index contributed by atoms with van der Waals surface area (Å²) in [5, 5.41) is 15.8. The SMILES string of the molecule is CSC(=N)N1N=C2C(=Cc3ccccc3)CCC[C@H]2[C@H]1c1ccccc1. The fourth-order valence-corrected chi connectivity index (χ4v) is 4.34. The van der Waals surface area contributed by atoms with Crippen LogP contribution in [0.25, 0.3) is 6.08 Å². The maximum Gasteiger partial charge on any atom is 0.177 e. The smallest absolute Gasteiger partial charge is 0.177 e. The van der Waals surface area contributed by atoms with Crippen molar-refractivity contribution >= 4 is 28.7 Å². The van der Waals surface area contributed by atoms with Gasteiger partial charge in [0, 0.05) is 5.92 Å². The van der Waals surface area contributed by atoms with Crippen LogP contribution in [0.5, 0.6) is 0 Å². The fourth-order valence-electron chi connectivity index (χ4n) is 4.00. The lowest BCUT2D eigenvalue weighted by Gasteiger charge is -2.30. The van der Waals surface area contributed by atoms with Gasteiger partial charge >= 0.3 is 0 Å². The van der Waals surface area contributed by atoms with E-state index in [1.54, 1.807) is 0 Å². The molecule has 0 spiro atoms. The van der Waals surface area contributed by atoms with Gasteiger partial charge in [0.2, 0.25) is 0 Å². The lowest BCUT2D eigenvalue weighted by atomic mass is 9.77. The number of hydrogen-bond acceptors (Lipinski definition) is 3. The van der Waals surface area contributed by atoms with Crippen LogP contribution >= 0.6 is 11.8 Å². The zero-order valence-corrected chi connectivity index (χ0v) is 15.7. The van der Waals surface area contributed by atoms with Crippen molar-refractivity contribution in [2.24, 2.45) is 11.0 Å². The van der Waals surface area contributed by atoms with Crippen molar-refractivity contribution < 1.29 is 0 Å². The molecular weight excluding hydrogens is 338 g/mol. The second kappa shape index (κ2) is 7.50. The first kappa shape index (κ1) is 17.1. The second-order valence-corrected chi connectivity index (χ2v) is 7.57. The van der Waals surface area contributed by atoms with Crippen molar-refractivity contribution in [3.8, 4) is 0 Å². The maximum atomic E-state index is 8.41. The number of amidine groups is 1. The molecule has 2 atom stereocenters. The molecule has 4 heteroatoms. The van der Waals surface area contributed by atoms with Crippen molar-refractivity contribution in [2.75, 3.05) is 6.26 Å². The van der Waals surface area contributed by atoms with Gasteiger partial charge in [-0.1, -0.05) is 72.4 Å². The van der Waals surface area contributed by atoms with Crippen molar-refractivity contribution in [3.05, 3.63) is 77.4 Å². The minimum Gasteiger partial charge on any atom is -0.277 e. The van der Waals surface area contributed by atoms with E-state index in [-0.39, 0.29) is 6.04 Å². The molecule has 2 aromatic rings. The number of nitrogens with one attached hydrogen (secondary N) is 1. The Balaban J connectivity index is 1.74. The lowest BCUT2D eigenvalue weighted by Crippen LogP contribution is -2.30. The highest BCUT2D eigenvalue weighted by atomic mass is 32.2. The third-order valence-corrected chi connectivity index (χ3v) is 5.76. The van der Waals surface area contributed by atoms with Crippen molar-refractivity contribution in [2.45, 2.75) is 25.3 Å². The van der Waals surface area contributed by atoms with Gasteiger partial charge in [0.05, 0.1) is 11.8 Å². The average molecular weight is 362 g/mol. The number of hydrogen-bond donors (Lipinski definition) is 1. The molecule has 0 aromatic heterocycles. The van der Waals surface area contributed by atoms with Gasteiger partial charge < -0.3 is 0 Å². The number of hydrazone groups is 1. The summed E-state index contributed by atoms with van der Waals surface area (Å²) in [6.07, 6.45) is 7.59. The van der Waals surface area contributed by atoms with E-state index in [4.69, 9.17) is 10.5 Å². The third kappa shape index (κ3) is 3.21. The summed E-state index contributed by atoms with van der Waals surface area (Å²) in [5.74, 6) is 0.355. The summed E-state index contributed by atoms with van der Waals surface area (Å²) < 4.78 is 0. The molecule has 1 aliphatic carbocycles. The van der Waals surface area contributed by atoms with E-state index in [0.29, 0.717) is 11.1 Å². The molecule has 2 aromatic carbocycles. The van der Waals surface area contributed by atoms with Crippen LogP contribution in [0.3, 0.4) is 0 Å². The molecule has 0 saturated heterocycles. The van der Waals surface area contributed by atoms with Crippen LogP contribution in [0, 0.1) is 11.3 Å². The van der Waals surface area contributed by atoms with E-state index in [1.165, 1.54) is 40.6 Å². The number of benzene rings is 2. The van der Waals surface area contributed by atoms with Crippen molar-refractivity contribution in [3.63, 3.8) is 0 Å².